The van der Waals surface area contributed by atoms with Gasteiger partial charge in [-0.1, -0.05) is 24.8 Å². The van der Waals surface area contributed by atoms with Gasteiger partial charge in [0, 0.05) is 35.5 Å². The molecule has 1 aliphatic heterocycles. The average Bonchev–Trinajstić information content (AvgIpc) is 3.30. The zero-order valence-electron chi connectivity index (χ0n) is 19.5. The molecule has 0 unspecified atom stereocenters. The number of aromatic nitrogens is 2. The zero-order valence-corrected chi connectivity index (χ0v) is 19.5. The van der Waals surface area contributed by atoms with Gasteiger partial charge < -0.3 is 16.4 Å². The minimum Gasteiger partial charge on any atom is -0.397 e. The molecule has 3 aromatic rings. The summed E-state index contributed by atoms with van der Waals surface area (Å²) in [6.07, 6.45) is 10.3. The van der Waals surface area contributed by atoms with Gasteiger partial charge in [0.1, 0.15) is 0 Å². The van der Waals surface area contributed by atoms with Gasteiger partial charge in [-0.15, -0.1) is 0 Å². The van der Waals surface area contributed by atoms with E-state index in [1.54, 1.807) is 0 Å². The minimum atomic E-state index is 0.502. The first-order valence-corrected chi connectivity index (χ1v) is 12.1. The number of nitrogens with zero attached hydrogens (tertiary/aromatic N) is 2. The number of hydrogen-bond acceptors (Lipinski definition) is 5. The van der Waals surface area contributed by atoms with Crippen molar-refractivity contribution in [2.24, 2.45) is 0 Å². The van der Waals surface area contributed by atoms with Crippen LogP contribution in [0.5, 0.6) is 0 Å². The first-order chi connectivity index (χ1) is 16.1. The molecule has 0 amide bonds. The molecule has 0 radical (unpaired) electrons. The third-order valence-corrected chi connectivity index (χ3v) is 7.11. The van der Waals surface area contributed by atoms with Crippen LogP contribution in [0.25, 0.3) is 11.1 Å². The lowest BCUT2D eigenvalue weighted by atomic mass is 9.93. The summed E-state index contributed by atoms with van der Waals surface area (Å²) in [5, 5.41) is 6.91. The van der Waals surface area contributed by atoms with E-state index in [-0.39, 0.29) is 0 Å². The Morgan fingerprint density at radius 2 is 1.94 bits per heavy atom. The second-order valence-electron chi connectivity index (χ2n) is 9.40. The van der Waals surface area contributed by atoms with Gasteiger partial charge in [-0.2, -0.15) is 0 Å². The van der Waals surface area contributed by atoms with E-state index < -0.39 is 0 Å². The van der Waals surface area contributed by atoms with Crippen LogP contribution in [0.2, 0.25) is 0 Å². The molecule has 0 saturated carbocycles. The highest BCUT2D eigenvalue weighted by Gasteiger charge is 2.18. The zero-order chi connectivity index (χ0) is 22.8. The fourth-order valence-electron chi connectivity index (χ4n) is 5.13. The summed E-state index contributed by atoms with van der Waals surface area (Å²) < 4.78 is 0. The summed E-state index contributed by atoms with van der Waals surface area (Å²) in [6, 6.07) is 10.9. The van der Waals surface area contributed by atoms with Crippen LogP contribution >= 0.6 is 0 Å². The number of aryl methyl sites for hydroxylation is 2. The number of fused-ring (bicyclic) bond motifs is 1. The van der Waals surface area contributed by atoms with Crippen LogP contribution in [-0.4, -0.2) is 23.1 Å². The van der Waals surface area contributed by atoms with E-state index in [1.165, 1.54) is 41.5 Å². The van der Waals surface area contributed by atoms with Crippen molar-refractivity contribution in [1.82, 2.24) is 15.3 Å². The summed E-state index contributed by atoms with van der Waals surface area (Å²) in [7, 11) is 0. The van der Waals surface area contributed by atoms with E-state index in [4.69, 9.17) is 10.7 Å². The number of hydrogen-bond donors (Lipinski definition) is 3. The number of nitrogens with one attached hydrogen (secondary N) is 2. The fraction of sp³-hybridized carbons (Fsp3) is 0.357. The summed E-state index contributed by atoms with van der Waals surface area (Å²) >= 11 is 0. The first kappa shape index (κ1) is 21.7. The van der Waals surface area contributed by atoms with Gasteiger partial charge >= 0.3 is 0 Å². The smallest absolute Gasteiger partial charge is 0.0694 e. The quantitative estimate of drug-likeness (QED) is 0.495. The van der Waals surface area contributed by atoms with E-state index in [0.717, 1.165) is 60.0 Å². The Balaban J connectivity index is 1.33. The Hall–Kier alpha value is -3.18. The van der Waals surface area contributed by atoms with Crippen molar-refractivity contribution in [3.05, 3.63) is 83.1 Å². The SMILES string of the molecule is C=C(Cc1nc(C2CCNCC2)ccc1N)Nc1cncc(-c2ccc3c(c2)CCC3)c1C. The third-order valence-electron chi connectivity index (χ3n) is 7.11. The summed E-state index contributed by atoms with van der Waals surface area (Å²) in [5.74, 6) is 0.502. The summed E-state index contributed by atoms with van der Waals surface area (Å²) in [6.45, 7) is 8.52. The number of rotatable bonds is 6. The van der Waals surface area contributed by atoms with Crippen LogP contribution in [0.3, 0.4) is 0 Å². The maximum absolute atomic E-state index is 6.28. The molecular weight excluding hydrogens is 406 g/mol. The second-order valence-corrected chi connectivity index (χ2v) is 9.40. The molecule has 1 saturated heterocycles. The largest absolute Gasteiger partial charge is 0.397 e. The highest BCUT2D eigenvalue weighted by molar-refractivity contribution is 5.74. The highest BCUT2D eigenvalue weighted by Crippen LogP contribution is 2.32. The Morgan fingerprint density at radius 3 is 2.79 bits per heavy atom. The van der Waals surface area contributed by atoms with Crippen molar-refractivity contribution >= 4 is 11.4 Å². The van der Waals surface area contributed by atoms with E-state index in [0.29, 0.717) is 12.3 Å². The van der Waals surface area contributed by atoms with E-state index >= 15 is 0 Å². The minimum absolute atomic E-state index is 0.502. The second kappa shape index (κ2) is 9.36. The molecule has 5 heteroatoms. The predicted octanol–water partition coefficient (Wildman–Crippen LogP) is 5.16. The van der Waals surface area contributed by atoms with E-state index in [2.05, 4.69) is 53.4 Å². The van der Waals surface area contributed by atoms with E-state index in [9.17, 15) is 0 Å². The standard InChI is InChI=1S/C28H33N5/c1-18(14-27-25(29)8-9-26(33-27)21-10-12-30-13-11-21)32-28-17-31-16-24(19(28)2)23-7-6-20-4-3-5-22(20)15-23/h6-9,15-17,21,30,32H,1,3-5,10-14,29H2,2H3. The average molecular weight is 440 g/mol. The van der Waals surface area contributed by atoms with Crippen molar-refractivity contribution < 1.29 is 0 Å². The van der Waals surface area contributed by atoms with Crippen molar-refractivity contribution in [1.29, 1.82) is 0 Å². The van der Waals surface area contributed by atoms with Crippen LogP contribution in [0.15, 0.2) is 55.0 Å². The van der Waals surface area contributed by atoms with Gasteiger partial charge in [-0.25, -0.2) is 0 Å². The Bertz CT molecular complexity index is 1180. The monoisotopic (exact) mass is 439 g/mol. The van der Waals surface area contributed by atoms with Crippen LogP contribution in [-0.2, 0) is 19.3 Å². The van der Waals surface area contributed by atoms with Crippen LogP contribution in [0.1, 0.15) is 53.3 Å². The Morgan fingerprint density at radius 1 is 1.12 bits per heavy atom. The number of nitrogens with two attached hydrogens (primary N) is 1. The first-order valence-electron chi connectivity index (χ1n) is 12.1. The Labute approximate surface area is 196 Å². The molecule has 5 rings (SSSR count). The molecule has 2 aliphatic rings. The van der Waals surface area contributed by atoms with Crippen molar-refractivity contribution in [3.63, 3.8) is 0 Å². The molecule has 1 fully saturated rings. The summed E-state index contributed by atoms with van der Waals surface area (Å²) in [4.78, 5) is 9.45. The number of allylic oxidation sites excluding steroid dienone is 1. The van der Waals surface area contributed by atoms with Gasteiger partial charge in [0.15, 0.2) is 0 Å². The van der Waals surface area contributed by atoms with E-state index in [1.807, 2.05) is 18.5 Å². The third kappa shape index (κ3) is 4.64. The molecule has 2 aromatic heterocycles. The lowest BCUT2D eigenvalue weighted by Gasteiger charge is -2.23. The van der Waals surface area contributed by atoms with Gasteiger partial charge in [0.25, 0.3) is 0 Å². The van der Waals surface area contributed by atoms with Crippen molar-refractivity contribution in [2.45, 2.75) is 51.4 Å². The van der Waals surface area contributed by atoms with Crippen LogP contribution < -0.4 is 16.4 Å². The van der Waals surface area contributed by atoms with Gasteiger partial charge in [0.2, 0.25) is 0 Å². The molecule has 4 N–H and O–H groups in total. The highest BCUT2D eigenvalue weighted by atomic mass is 14.9. The van der Waals surface area contributed by atoms with Crippen LogP contribution in [0, 0.1) is 6.92 Å². The van der Waals surface area contributed by atoms with Gasteiger partial charge in [-0.05, 0) is 86.5 Å². The van der Waals surface area contributed by atoms with Gasteiger partial charge in [-0.3, -0.25) is 9.97 Å². The number of benzene rings is 1. The number of anilines is 2. The molecule has 170 valence electrons. The maximum atomic E-state index is 6.28. The number of pyridine rings is 2. The van der Waals surface area contributed by atoms with Crippen molar-refractivity contribution in [3.8, 4) is 11.1 Å². The molecule has 1 aromatic carbocycles. The Kier molecular flexibility index (Phi) is 6.14. The molecule has 1 aliphatic carbocycles. The van der Waals surface area contributed by atoms with Crippen LogP contribution in [0.4, 0.5) is 11.4 Å². The number of piperidine rings is 1. The molecule has 0 spiro atoms. The van der Waals surface area contributed by atoms with Gasteiger partial charge in [0.05, 0.1) is 23.3 Å². The molecule has 33 heavy (non-hydrogen) atoms. The lowest BCUT2D eigenvalue weighted by molar-refractivity contribution is 0.452. The summed E-state index contributed by atoms with van der Waals surface area (Å²) in [5.41, 5.74) is 17.4. The topological polar surface area (TPSA) is 75.9 Å². The van der Waals surface area contributed by atoms with Crippen molar-refractivity contribution in [2.75, 3.05) is 24.1 Å². The molecule has 5 nitrogen and oxygen atoms in total. The predicted molar refractivity (Wildman–Crippen MR) is 136 cm³/mol. The maximum Gasteiger partial charge on any atom is 0.0694 e. The lowest BCUT2D eigenvalue weighted by Crippen LogP contribution is -2.27. The molecule has 3 heterocycles. The fourth-order valence-corrected chi connectivity index (χ4v) is 5.13. The normalized spacial score (nSPS) is 15.9. The number of nitrogen functional groups attached to an aromatic ring is 1. The molecular formula is C28H33N5. The molecule has 0 bridgehead atoms. The molecule has 0 atom stereocenters.